The molecule has 1 aliphatic heterocycles. The number of rotatable bonds is 7. The van der Waals surface area contributed by atoms with E-state index in [1.807, 2.05) is 24.3 Å². The van der Waals surface area contributed by atoms with E-state index in [-0.39, 0.29) is 0 Å². The lowest BCUT2D eigenvalue weighted by molar-refractivity contribution is 0.0751. The largest absolute Gasteiger partial charge is 0.497 e. The van der Waals surface area contributed by atoms with Crippen LogP contribution < -0.4 is 10.1 Å². The molecule has 1 aromatic carbocycles. The Morgan fingerprint density at radius 2 is 2.14 bits per heavy atom. The lowest BCUT2D eigenvalue weighted by Crippen LogP contribution is -2.45. The second kappa shape index (κ2) is 8.37. The van der Waals surface area contributed by atoms with Gasteiger partial charge in [-0.15, -0.1) is 0 Å². The molecule has 1 unspecified atom stereocenters. The van der Waals surface area contributed by atoms with Crippen molar-refractivity contribution < 1.29 is 9.84 Å². The minimum atomic E-state index is -0.457. The Balaban J connectivity index is 2.00. The molecule has 1 heterocycles. The predicted molar refractivity (Wildman–Crippen MR) is 85.7 cm³/mol. The number of nitrogens with one attached hydrogen (secondary N) is 1. The summed E-state index contributed by atoms with van der Waals surface area (Å²) in [6.07, 6.45) is 3.01. The van der Waals surface area contributed by atoms with Crippen molar-refractivity contribution in [2.75, 3.05) is 33.3 Å². The fraction of sp³-hybridized carbons (Fsp3) is 0.647. The fourth-order valence-corrected chi connectivity index (χ4v) is 3.06. The third-order valence-corrected chi connectivity index (χ3v) is 4.22. The number of hydrogen-bond acceptors (Lipinski definition) is 4. The van der Waals surface area contributed by atoms with Crippen molar-refractivity contribution in [3.05, 3.63) is 29.8 Å². The zero-order valence-electron chi connectivity index (χ0n) is 13.2. The molecule has 118 valence electrons. The number of benzene rings is 1. The fourth-order valence-electron chi connectivity index (χ4n) is 3.06. The van der Waals surface area contributed by atoms with Crippen molar-refractivity contribution in [1.82, 2.24) is 10.2 Å². The number of hydrogen-bond donors (Lipinski definition) is 2. The van der Waals surface area contributed by atoms with Gasteiger partial charge in [-0.3, -0.25) is 4.90 Å². The first kappa shape index (κ1) is 16.3. The normalized spacial score (nSPS) is 17.9. The van der Waals surface area contributed by atoms with Gasteiger partial charge in [0, 0.05) is 12.6 Å². The molecule has 0 aliphatic carbocycles. The van der Waals surface area contributed by atoms with E-state index in [1.54, 1.807) is 7.11 Å². The summed E-state index contributed by atoms with van der Waals surface area (Å²) in [4.78, 5) is 2.45. The molecule has 1 atom stereocenters. The third kappa shape index (κ3) is 4.70. The highest BCUT2D eigenvalue weighted by atomic mass is 16.5. The summed E-state index contributed by atoms with van der Waals surface area (Å²) < 4.78 is 5.24. The van der Waals surface area contributed by atoms with Crippen LogP contribution in [-0.2, 0) is 0 Å². The molecule has 0 radical (unpaired) electrons. The minimum Gasteiger partial charge on any atom is -0.497 e. The molecule has 2 rings (SSSR count). The van der Waals surface area contributed by atoms with Crippen LogP contribution in [0.4, 0.5) is 0 Å². The molecule has 1 aliphatic rings. The van der Waals surface area contributed by atoms with Crippen LogP contribution in [0.25, 0.3) is 0 Å². The maximum Gasteiger partial charge on any atom is 0.119 e. The van der Waals surface area contributed by atoms with Crippen LogP contribution in [0.15, 0.2) is 24.3 Å². The number of nitrogens with zero attached hydrogens (tertiary/aromatic N) is 1. The third-order valence-electron chi connectivity index (χ3n) is 4.22. The quantitative estimate of drug-likeness (QED) is 0.808. The van der Waals surface area contributed by atoms with E-state index in [9.17, 15) is 5.11 Å². The van der Waals surface area contributed by atoms with Crippen molar-refractivity contribution in [1.29, 1.82) is 0 Å². The first-order chi connectivity index (χ1) is 10.2. The maximum atomic E-state index is 10.6. The van der Waals surface area contributed by atoms with Crippen molar-refractivity contribution in [3.63, 3.8) is 0 Å². The molecule has 0 spiro atoms. The van der Waals surface area contributed by atoms with Gasteiger partial charge in [0.1, 0.15) is 5.75 Å². The number of methoxy groups -OCH3 is 1. The van der Waals surface area contributed by atoms with E-state index in [0.29, 0.717) is 12.6 Å². The zero-order chi connectivity index (χ0) is 15.1. The van der Waals surface area contributed by atoms with Crippen LogP contribution in [0, 0.1) is 0 Å². The number of aliphatic hydroxyl groups is 1. The molecule has 0 aromatic heterocycles. The van der Waals surface area contributed by atoms with E-state index in [4.69, 9.17) is 4.74 Å². The Kier molecular flexibility index (Phi) is 6.49. The number of ether oxygens (including phenoxy) is 1. The lowest BCUT2D eigenvalue weighted by atomic mass is 10.0. The van der Waals surface area contributed by atoms with Crippen LogP contribution in [0.2, 0.25) is 0 Å². The van der Waals surface area contributed by atoms with E-state index < -0.39 is 6.10 Å². The number of aliphatic hydroxyl groups excluding tert-OH is 1. The molecule has 4 nitrogen and oxygen atoms in total. The first-order valence-electron chi connectivity index (χ1n) is 8.01. The molecule has 1 fully saturated rings. The van der Waals surface area contributed by atoms with Gasteiger partial charge >= 0.3 is 0 Å². The smallest absolute Gasteiger partial charge is 0.119 e. The Morgan fingerprint density at radius 3 is 2.81 bits per heavy atom. The van der Waals surface area contributed by atoms with Crippen LogP contribution in [0.5, 0.6) is 5.75 Å². The summed E-state index contributed by atoms with van der Waals surface area (Å²) in [5.74, 6) is 0.801. The molecular weight excluding hydrogens is 264 g/mol. The minimum absolute atomic E-state index is 0.457. The van der Waals surface area contributed by atoms with Crippen LogP contribution in [-0.4, -0.2) is 49.3 Å². The molecule has 2 N–H and O–H groups in total. The van der Waals surface area contributed by atoms with Gasteiger partial charge in [-0.25, -0.2) is 0 Å². The molecule has 1 aromatic rings. The Hall–Kier alpha value is -1.10. The average Bonchev–Trinajstić information content (AvgIpc) is 2.55. The highest BCUT2D eigenvalue weighted by molar-refractivity contribution is 5.29. The standard InChI is InChI=1S/C17H28N2O2/c1-3-11-19(15-7-9-18-10-8-15)13-17(20)14-5-4-6-16(12-14)21-2/h4-6,12,15,17-18,20H,3,7-11,13H2,1-2H3. The van der Waals surface area contributed by atoms with E-state index >= 15 is 0 Å². The Bertz CT molecular complexity index is 419. The van der Waals surface area contributed by atoms with E-state index in [0.717, 1.165) is 37.4 Å². The molecule has 21 heavy (non-hydrogen) atoms. The van der Waals surface area contributed by atoms with Crippen molar-refractivity contribution in [3.8, 4) is 5.75 Å². The predicted octanol–water partition coefficient (Wildman–Crippen LogP) is 2.19. The summed E-state index contributed by atoms with van der Waals surface area (Å²) in [5, 5.41) is 14.0. The highest BCUT2D eigenvalue weighted by Gasteiger charge is 2.23. The van der Waals surface area contributed by atoms with Gasteiger partial charge < -0.3 is 15.2 Å². The second-order valence-corrected chi connectivity index (χ2v) is 5.77. The van der Waals surface area contributed by atoms with E-state index in [1.165, 1.54) is 12.8 Å². The molecular formula is C17H28N2O2. The molecule has 4 heteroatoms. The zero-order valence-corrected chi connectivity index (χ0v) is 13.2. The average molecular weight is 292 g/mol. The molecule has 0 bridgehead atoms. The summed E-state index contributed by atoms with van der Waals surface area (Å²) in [6, 6.07) is 8.34. The van der Waals surface area contributed by atoms with Crippen molar-refractivity contribution in [2.45, 2.75) is 38.3 Å². The Labute approximate surface area is 128 Å². The molecule has 0 amide bonds. The Morgan fingerprint density at radius 1 is 1.38 bits per heavy atom. The molecule has 1 saturated heterocycles. The monoisotopic (exact) mass is 292 g/mol. The van der Waals surface area contributed by atoms with Gasteiger partial charge in [-0.05, 0) is 56.6 Å². The van der Waals surface area contributed by atoms with Gasteiger partial charge in [0.2, 0.25) is 0 Å². The highest BCUT2D eigenvalue weighted by Crippen LogP contribution is 2.22. The second-order valence-electron chi connectivity index (χ2n) is 5.77. The summed E-state index contributed by atoms with van der Waals surface area (Å²) in [7, 11) is 1.66. The van der Waals surface area contributed by atoms with Gasteiger partial charge in [0.05, 0.1) is 13.2 Å². The van der Waals surface area contributed by atoms with Gasteiger partial charge in [0.25, 0.3) is 0 Å². The summed E-state index contributed by atoms with van der Waals surface area (Å²) in [5.41, 5.74) is 0.935. The maximum absolute atomic E-state index is 10.6. The summed E-state index contributed by atoms with van der Waals surface area (Å²) >= 11 is 0. The van der Waals surface area contributed by atoms with Crippen molar-refractivity contribution >= 4 is 0 Å². The lowest BCUT2D eigenvalue weighted by Gasteiger charge is -2.35. The number of piperidine rings is 1. The van der Waals surface area contributed by atoms with Crippen molar-refractivity contribution in [2.24, 2.45) is 0 Å². The molecule has 0 saturated carbocycles. The van der Waals surface area contributed by atoms with Gasteiger partial charge in [-0.1, -0.05) is 19.1 Å². The van der Waals surface area contributed by atoms with Crippen LogP contribution in [0.1, 0.15) is 37.9 Å². The summed E-state index contributed by atoms with van der Waals surface area (Å²) in [6.45, 7) is 6.11. The van der Waals surface area contributed by atoms with Gasteiger partial charge in [0.15, 0.2) is 0 Å². The van der Waals surface area contributed by atoms with Crippen LogP contribution >= 0.6 is 0 Å². The topological polar surface area (TPSA) is 44.7 Å². The SMILES string of the molecule is CCCN(CC(O)c1cccc(OC)c1)C1CCNCC1. The van der Waals surface area contributed by atoms with Gasteiger partial charge in [-0.2, -0.15) is 0 Å². The first-order valence-corrected chi connectivity index (χ1v) is 8.01. The van der Waals surface area contributed by atoms with E-state index in [2.05, 4.69) is 17.1 Å². The van der Waals surface area contributed by atoms with Crippen LogP contribution in [0.3, 0.4) is 0 Å².